The smallest absolute Gasteiger partial charge is 0.267 e. The highest BCUT2D eigenvalue weighted by Crippen LogP contribution is 2.13. The quantitative estimate of drug-likeness (QED) is 0.582. The number of nitrogens with one attached hydrogen (secondary N) is 1. The van der Waals surface area contributed by atoms with Gasteiger partial charge in [0.15, 0.2) is 5.65 Å². The Labute approximate surface area is 95.4 Å². The van der Waals surface area contributed by atoms with Crippen LogP contribution < -0.4 is 5.56 Å². The molecule has 5 heteroatoms. The molecule has 0 spiro atoms. The fourth-order valence-corrected chi connectivity index (χ4v) is 1.67. The van der Waals surface area contributed by atoms with Gasteiger partial charge < -0.3 is 4.98 Å². The van der Waals surface area contributed by atoms with Crippen molar-refractivity contribution < 1.29 is 0 Å². The summed E-state index contributed by atoms with van der Waals surface area (Å²) in [7, 11) is 0. The van der Waals surface area contributed by atoms with Crippen molar-refractivity contribution in [2.75, 3.05) is 0 Å². The SMILES string of the molecule is N#Cc1cc2nc3ccccc3nc2[nH]c1=O. The van der Waals surface area contributed by atoms with Gasteiger partial charge in [-0.05, 0) is 18.2 Å². The van der Waals surface area contributed by atoms with Crippen molar-refractivity contribution in [3.05, 3.63) is 46.2 Å². The molecule has 0 unspecified atom stereocenters. The number of benzene rings is 1. The Morgan fingerprint density at radius 1 is 1.12 bits per heavy atom. The number of rotatable bonds is 0. The van der Waals surface area contributed by atoms with Gasteiger partial charge in [-0.1, -0.05) is 12.1 Å². The predicted octanol–water partition coefficient (Wildman–Crippen LogP) is 1.34. The molecule has 5 nitrogen and oxygen atoms in total. The zero-order chi connectivity index (χ0) is 11.8. The first-order chi connectivity index (χ1) is 8.28. The van der Waals surface area contributed by atoms with Gasteiger partial charge in [-0.3, -0.25) is 4.79 Å². The number of H-pyrrole nitrogens is 1. The maximum absolute atomic E-state index is 11.5. The number of aromatic amines is 1. The van der Waals surface area contributed by atoms with Crippen molar-refractivity contribution in [1.29, 1.82) is 5.26 Å². The molecule has 0 saturated heterocycles. The molecule has 0 radical (unpaired) electrons. The lowest BCUT2D eigenvalue weighted by Crippen LogP contribution is -2.10. The van der Waals surface area contributed by atoms with Crippen molar-refractivity contribution in [2.45, 2.75) is 0 Å². The lowest BCUT2D eigenvalue weighted by atomic mass is 10.2. The van der Waals surface area contributed by atoms with E-state index in [-0.39, 0.29) is 5.56 Å². The molecule has 2 heterocycles. The number of nitrogens with zero attached hydrogens (tertiary/aromatic N) is 3. The topological polar surface area (TPSA) is 82.4 Å². The minimum atomic E-state index is -0.440. The highest BCUT2D eigenvalue weighted by atomic mass is 16.1. The molecule has 0 saturated carbocycles. The summed E-state index contributed by atoms with van der Waals surface area (Å²) in [6.07, 6.45) is 0. The lowest BCUT2D eigenvalue weighted by molar-refractivity contribution is 1.21. The second-order valence-corrected chi connectivity index (χ2v) is 3.57. The molecule has 1 aromatic carbocycles. The van der Waals surface area contributed by atoms with Gasteiger partial charge in [-0.2, -0.15) is 5.26 Å². The maximum atomic E-state index is 11.5. The molecule has 0 aliphatic carbocycles. The molecule has 0 aliphatic heterocycles. The van der Waals surface area contributed by atoms with Gasteiger partial charge in [0.05, 0.1) is 11.0 Å². The summed E-state index contributed by atoms with van der Waals surface area (Å²) < 4.78 is 0. The van der Waals surface area contributed by atoms with Crippen molar-refractivity contribution >= 4 is 22.2 Å². The van der Waals surface area contributed by atoms with E-state index < -0.39 is 5.56 Å². The normalized spacial score (nSPS) is 10.5. The van der Waals surface area contributed by atoms with E-state index in [9.17, 15) is 4.79 Å². The van der Waals surface area contributed by atoms with Gasteiger partial charge in [-0.25, -0.2) is 9.97 Å². The number of aromatic nitrogens is 3. The minimum absolute atomic E-state index is 0.0436. The molecule has 0 fully saturated rings. The van der Waals surface area contributed by atoms with Gasteiger partial charge in [0.1, 0.15) is 17.1 Å². The fourth-order valence-electron chi connectivity index (χ4n) is 1.67. The highest BCUT2D eigenvalue weighted by Gasteiger charge is 2.05. The van der Waals surface area contributed by atoms with Gasteiger partial charge in [-0.15, -0.1) is 0 Å². The van der Waals surface area contributed by atoms with Gasteiger partial charge in [0.2, 0.25) is 0 Å². The van der Waals surface area contributed by atoms with E-state index in [0.29, 0.717) is 16.7 Å². The molecule has 80 valence electrons. The Morgan fingerprint density at radius 3 is 2.53 bits per heavy atom. The third-order valence-electron chi connectivity index (χ3n) is 2.48. The van der Waals surface area contributed by atoms with E-state index in [1.54, 1.807) is 0 Å². The monoisotopic (exact) mass is 222 g/mol. The molecular weight excluding hydrogens is 216 g/mol. The van der Waals surface area contributed by atoms with Crippen LogP contribution in [0.15, 0.2) is 35.1 Å². The Morgan fingerprint density at radius 2 is 1.82 bits per heavy atom. The average molecular weight is 222 g/mol. The van der Waals surface area contributed by atoms with Gasteiger partial charge >= 0.3 is 0 Å². The molecule has 1 N–H and O–H groups in total. The van der Waals surface area contributed by atoms with E-state index in [1.165, 1.54) is 6.07 Å². The molecule has 17 heavy (non-hydrogen) atoms. The number of pyridine rings is 1. The van der Waals surface area contributed by atoms with Crippen molar-refractivity contribution in [2.24, 2.45) is 0 Å². The van der Waals surface area contributed by atoms with E-state index >= 15 is 0 Å². The van der Waals surface area contributed by atoms with Crippen LogP contribution in [0.1, 0.15) is 5.56 Å². The van der Waals surface area contributed by atoms with Crippen LogP contribution >= 0.6 is 0 Å². The van der Waals surface area contributed by atoms with Crippen LogP contribution in [-0.4, -0.2) is 15.0 Å². The summed E-state index contributed by atoms with van der Waals surface area (Å²) in [6.45, 7) is 0. The molecule has 0 bridgehead atoms. The van der Waals surface area contributed by atoms with E-state index in [2.05, 4.69) is 15.0 Å². The van der Waals surface area contributed by atoms with Crippen molar-refractivity contribution in [3.8, 4) is 6.07 Å². The molecule has 0 aliphatic rings. The maximum Gasteiger partial charge on any atom is 0.267 e. The van der Waals surface area contributed by atoms with Crippen LogP contribution in [0.4, 0.5) is 0 Å². The second-order valence-electron chi connectivity index (χ2n) is 3.57. The van der Waals surface area contributed by atoms with Crippen LogP contribution in [-0.2, 0) is 0 Å². The number of para-hydroxylation sites is 2. The highest BCUT2D eigenvalue weighted by molar-refractivity contribution is 5.84. The third-order valence-corrected chi connectivity index (χ3v) is 2.48. The predicted molar refractivity (Wildman–Crippen MR) is 62.4 cm³/mol. The first-order valence-corrected chi connectivity index (χ1v) is 4.98. The number of fused-ring (bicyclic) bond motifs is 2. The Balaban J connectivity index is 2.49. The minimum Gasteiger partial charge on any atom is -0.304 e. The zero-order valence-electron chi connectivity index (χ0n) is 8.64. The van der Waals surface area contributed by atoms with Gasteiger partial charge in [0.25, 0.3) is 5.56 Å². The fraction of sp³-hybridized carbons (Fsp3) is 0. The van der Waals surface area contributed by atoms with Crippen LogP contribution in [0.2, 0.25) is 0 Å². The summed E-state index contributed by atoms with van der Waals surface area (Å²) in [5.41, 5.74) is 1.95. The average Bonchev–Trinajstić information content (AvgIpc) is 2.35. The van der Waals surface area contributed by atoms with E-state index in [0.717, 1.165) is 5.52 Å². The largest absolute Gasteiger partial charge is 0.304 e. The molecule has 3 aromatic rings. The van der Waals surface area contributed by atoms with Gasteiger partial charge in [0, 0.05) is 0 Å². The summed E-state index contributed by atoms with van der Waals surface area (Å²) in [5.74, 6) is 0. The van der Waals surface area contributed by atoms with Crippen LogP contribution in [0.5, 0.6) is 0 Å². The second kappa shape index (κ2) is 3.39. The summed E-state index contributed by atoms with van der Waals surface area (Å²) in [5, 5.41) is 8.77. The molecular formula is C12H6N4O. The molecule has 3 rings (SSSR count). The number of hydrogen-bond donors (Lipinski definition) is 1. The summed E-state index contributed by atoms with van der Waals surface area (Å²) in [4.78, 5) is 22.6. The van der Waals surface area contributed by atoms with E-state index in [4.69, 9.17) is 5.26 Å². The number of nitriles is 1. The molecule has 0 atom stereocenters. The third kappa shape index (κ3) is 1.43. The zero-order valence-corrected chi connectivity index (χ0v) is 8.64. The Hall–Kier alpha value is -2.74. The van der Waals surface area contributed by atoms with Crippen molar-refractivity contribution in [3.63, 3.8) is 0 Å². The summed E-state index contributed by atoms with van der Waals surface area (Å²) in [6, 6.07) is 10.6. The van der Waals surface area contributed by atoms with E-state index in [1.807, 2.05) is 30.3 Å². The van der Waals surface area contributed by atoms with Crippen LogP contribution in [0.3, 0.4) is 0 Å². The standard InChI is InChI=1S/C12H6N4O/c13-6-7-5-10-11(16-12(7)17)15-9-4-2-1-3-8(9)14-10/h1-5H,(H,15,16,17). The Kier molecular flexibility index (Phi) is 1.89. The first-order valence-electron chi connectivity index (χ1n) is 4.98. The first kappa shape index (κ1) is 9.48. The summed E-state index contributed by atoms with van der Waals surface area (Å²) >= 11 is 0. The van der Waals surface area contributed by atoms with Crippen molar-refractivity contribution in [1.82, 2.24) is 15.0 Å². The molecule has 2 aromatic heterocycles. The lowest BCUT2D eigenvalue weighted by Gasteiger charge is -2.00. The van der Waals surface area contributed by atoms with Crippen LogP contribution in [0.25, 0.3) is 22.2 Å². The Bertz CT molecular complexity index is 829. The number of hydrogen-bond acceptors (Lipinski definition) is 4. The van der Waals surface area contributed by atoms with Crippen LogP contribution in [0, 0.1) is 11.3 Å². The molecule has 0 amide bonds.